The van der Waals surface area contributed by atoms with Crippen LogP contribution in [0, 0.1) is 12.7 Å². The number of aromatic nitrogens is 3. The maximum Gasteiger partial charge on any atom is 0.266 e. The molecule has 1 amide bonds. The third-order valence-corrected chi connectivity index (χ3v) is 6.27. The van der Waals surface area contributed by atoms with Gasteiger partial charge in [0.1, 0.15) is 17.5 Å². The van der Waals surface area contributed by atoms with E-state index in [1.165, 1.54) is 25.3 Å². The number of benzene rings is 1. The summed E-state index contributed by atoms with van der Waals surface area (Å²) in [7, 11) is 0. The monoisotopic (exact) mass is 475 g/mol. The van der Waals surface area contributed by atoms with Crippen molar-refractivity contribution in [1.82, 2.24) is 19.9 Å². The number of hydrogen-bond acceptors (Lipinski definition) is 5. The smallest absolute Gasteiger partial charge is 0.266 e. The molecule has 34 heavy (non-hydrogen) atoms. The maximum atomic E-state index is 15.8. The number of likely N-dealkylation sites (tertiary alicyclic amines) is 1. The van der Waals surface area contributed by atoms with E-state index in [0.717, 1.165) is 6.07 Å². The third-order valence-electron chi connectivity index (χ3n) is 6.27. The van der Waals surface area contributed by atoms with Gasteiger partial charge in [0.2, 0.25) is 5.91 Å². The number of alkyl halides is 3. The standard InChI is InChI=1S/C24H25F4N5O/c1-13(16-5-4-6-17(21(16)25)22(26)27)30-23-18-11-20(29-12-19(18)31-14(2)32-23)24(28)7-9-33(10-8-24)15(3)34/h4-6,11-13,22H,7-10H2,1-3H3,(H,30,31,32). The van der Waals surface area contributed by atoms with E-state index in [4.69, 9.17) is 0 Å². The van der Waals surface area contributed by atoms with Crippen LogP contribution in [0.25, 0.3) is 10.9 Å². The molecular formula is C24H25F4N5O. The molecule has 1 N–H and O–H groups in total. The Kier molecular flexibility index (Phi) is 6.42. The first-order valence-electron chi connectivity index (χ1n) is 11.0. The lowest BCUT2D eigenvalue weighted by Gasteiger charge is -2.35. The summed E-state index contributed by atoms with van der Waals surface area (Å²) in [5.74, 6) is -0.329. The fourth-order valence-corrected chi connectivity index (χ4v) is 4.29. The number of nitrogens with one attached hydrogen (secondary N) is 1. The first-order chi connectivity index (χ1) is 16.1. The van der Waals surface area contributed by atoms with E-state index in [-0.39, 0.29) is 43.1 Å². The van der Waals surface area contributed by atoms with Crippen molar-refractivity contribution >= 4 is 22.6 Å². The zero-order valence-electron chi connectivity index (χ0n) is 19.1. The number of pyridine rings is 1. The SMILES string of the molecule is CC(=O)N1CCC(F)(c2cc3c(NC(C)c4cccc(C(F)F)c4F)nc(C)nc3cn2)CC1. The Morgan fingerprint density at radius 3 is 2.50 bits per heavy atom. The van der Waals surface area contributed by atoms with Gasteiger partial charge in [-0.3, -0.25) is 9.78 Å². The second kappa shape index (κ2) is 9.15. The molecule has 1 fully saturated rings. The number of fused-ring (bicyclic) bond motifs is 1. The van der Waals surface area contributed by atoms with Gasteiger partial charge in [0.05, 0.1) is 29.0 Å². The van der Waals surface area contributed by atoms with Gasteiger partial charge in [-0.2, -0.15) is 0 Å². The number of anilines is 1. The summed E-state index contributed by atoms with van der Waals surface area (Å²) < 4.78 is 56.8. The molecular weight excluding hydrogens is 450 g/mol. The van der Waals surface area contributed by atoms with Crippen LogP contribution < -0.4 is 5.32 Å². The zero-order chi connectivity index (χ0) is 24.6. The predicted octanol–water partition coefficient (Wildman–Crippen LogP) is 5.39. The van der Waals surface area contributed by atoms with E-state index in [2.05, 4.69) is 20.3 Å². The Balaban J connectivity index is 1.68. The van der Waals surface area contributed by atoms with Gasteiger partial charge in [0.15, 0.2) is 5.67 Å². The largest absolute Gasteiger partial charge is 0.363 e. The lowest BCUT2D eigenvalue weighted by atomic mass is 9.89. The Morgan fingerprint density at radius 1 is 1.18 bits per heavy atom. The van der Waals surface area contributed by atoms with Gasteiger partial charge >= 0.3 is 0 Å². The third kappa shape index (κ3) is 4.53. The van der Waals surface area contributed by atoms with Crippen LogP contribution in [-0.2, 0) is 10.5 Å². The van der Waals surface area contributed by atoms with E-state index in [1.54, 1.807) is 24.8 Å². The number of piperidine rings is 1. The lowest BCUT2D eigenvalue weighted by Crippen LogP contribution is -2.42. The molecule has 0 spiro atoms. The van der Waals surface area contributed by atoms with Crippen LogP contribution in [0.1, 0.15) is 61.8 Å². The second-order valence-corrected chi connectivity index (χ2v) is 8.59. The Morgan fingerprint density at radius 2 is 1.85 bits per heavy atom. The van der Waals surface area contributed by atoms with Crippen LogP contribution in [-0.4, -0.2) is 38.8 Å². The van der Waals surface area contributed by atoms with Crippen molar-refractivity contribution in [1.29, 1.82) is 0 Å². The van der Waals surface area contributed by atoms with Crippen LogP contribution in [0.3, 0.4) is 0 Å². The summed E-state index contributed by atoms with van der Waals surface area (Å²) in [5, 5.41) is 3.56. The maximum absolute atomic E-state index is 15.8. The molecule has 1 aliphatic heterocycles. The summed E-state index contributed by atoms with van der Waals surface area (Å²) in [4.78, 5) is 26.2. The van der Waals surface area contributed by atoms with E-state index < -0.39 is 29.5 Å². The van der Waals surface area contributed by atoms with Crippen molar-refractivity contribution in [2.75, 3.05) is 18.4 Å². The number of halogens is 4. The molecule has 3 heterocycles. The lowest BCUT2D eigenvalue weighted by molar-refractivity contribution is -0.131. The quantitative estimate of drug-likeness (QED) is 0.501. The van der Waals surface area contributed by atoms with Crippen LogP contribution in [0.15, 0.2) is 30.5 Å². The fourth-order valence-electron chi connectivity index (χ4n) is 4.29. The van der Waals surface area contributed by atoms with Gasteiger partial charge < -0.3 is 10.2 Å². The summed E-state index contributed by atoms with van der Waals surface area (Å²) >= 11 is 0. The molecule has 0 aliphatic carbocycles. The Labute approximate surface area is 194 Å². The van der Waals surface area contributed by atoms with Crippen molar-refractivity contribution < 1.29 is 22.4 Å². The minimum Gasteiger partial charge on any atom is -0.363 e. The molecule has 3 aromatic rings. The van der Waals surface area contributed by atoms with Gasteiger partial charge in [-0.25, -0.2) is 27.5 Å². The van der Waals surface area contributed by atoms with E-state index in [0.29, 0.717) is 22.5 Å². The van der Waals surface area contributed by atoms with Crippen molar-refractivity contribution in [2.24, 2.45) is 0 Å². The van der Waals surface area contributed by atoms with Crippen LogP contribution in [0.2, 0.25) is 0 Å². The first kappa shape index (κ1) is 23.8. The molecule has 1 saturated heterocycles. The average Bonchev–Trinajstić information content (AvgIpc) is 2.78. The first-order valence-corrected chi connectivity index (χ1v) is 11.0. The number of carbonyl (C=O) groups excluding carboxylic acids is 1. The number of amides is 1. The topological polar surface area (TPSA) is 71.0 Å². The normalized spacial score (nSPS) is 16.6. The molecule has 6 nitrogen and oxygen atoms in total. The van der Waals surface area contributed by atoms with Gasteiger partial charge in [-0.05, 0) is 19.9 Å². The van der Waals surface area contributed by atoms with Gasteiger partial charge in [0, 0.05) is 43.8 Å². The minimum absolute atomic E-state index is 0.0649. The van der Waals surface area contributed by atoms with Gasteiger partial charge in [0.25, 0.3) is 6.43 Å². The average molecular weight is 475 g/mol. The molecule has 0 saturated carbocycles. The van der Waals surface area contributed by atoms with Crippen molar-refractivity contribution in [3.05, 3.63) is 58.9 Å². The van der Waals surface area contributed by atoms with E-state index in [9.17, 15) is 18.0 Å². The molecule has 180 valence electrons. The molecule has 10 heteroatoms. The number of rotatable bonds is 5. The summed E-state index contributed by atoms with van der Waals surface area (Å²) in [6.07, 6.45) is -1.24. The zero-order valence-corrected chi connectivity index (χ0v) is 19.1. The van der Waals surface area contributed by atoms with Crippen LogP contribution in [0.5, 0.6) is 0 Å². The molecule has 2 aromatic heterocycles. The molecule has 1 aliphatic rings. The second-order valence-electron chi connectivity index (χ2n) is 8.59. The molecule has 1 atom stereocenters. The highest BCUT2D eigenvalue weighted by Crippen LogP contribution is 2.38. The molecule has 0 radical (unpaired) electrons. The number of carbonyl (C=O) groups is 1. The van der Waals surface area contributed by atoms with Crippen molar-refractivity contribution in [2.45, 2.75) is 51.7 Å². The summed E-state index contributed by atoms with van der Waals surface area (Å²) in [6.45, 7) is 5.34. The molecule has 1 unspecified atom stereocenters. The van der Waals surface area contributed by atoms with E-state index >= 15 is 4.39 Å². The molecule has 4 rings (SSSR count). The Bertz CT molecular complexity index is 1230. The van der Waals surface area contributed by atoms with Gasteiger partial charge in [-0.1, -0.05) is 18.2 Å². The summed E-state index contributed by atoms with van der Waals surface area (Å²) in [6, 6.07) is 4.73. The molecule has 1 aromatic carbocycles. The number of hydrogen-bond donors (Lipinski definition) is 1. The van der Waals surface area contributed by atoms with Crippen molar-refractivity contribution in [3.8, 4) is 0 Å². The van der Waals surface area contributed by atoms with E-state index in [1.807, 2.05) is 0 Å². The van der Waals surface area contributed by atoms with Crippen molar-refractivity contribution in [3.63, 3.8) is 0 Å². The minimum atomic E-state index is -2.93. The predicted molar refractivity (Wildman–Crippen MR) is 120 cm³/mol. The van der Waals surface area contributed by atoms with Crippen LogP contribution >= 0.6 is 0 Å². The van der Waals surface area contributed by atoms with Gasteiger partial charge in [-0.15, -0.1) is 0 Å². The summed E-state index contributed by atoms with van der Waals surface area (Å²) in [5.41, 5.74) is -1.64. The number of nitrogens with zero attached hydrogens (tertiary/aromatic N) is 4. The fraction of sp³-hybridized carbons (Fsp3) is 0.417. The Hall–Kier alpha value is -3.30. The highest BCUT2D eigenvalue weighted by atomic mass is 19.3. The highest BCUT2D eigenvalue weighted by molar-refractivity contribution is 5.89. The number of aryl methyl sites for hydroxylation is 1. The highest BCUT2D eigenvalue weighted by Gasteiger charge is 2.38. The molecule has 0 bridgehead atoms. The van der Waals surface area contributed by atoms with Crippen LogP contribution in [0.4, 0.5) is 23.4 Å².